The summed E-state index contributed by atoms with van der Waals surface area (Å²) in [5.74, 6) is -0.0407. The summed E-state index contributed by atoms with van der Waals surface area (Å²) in [5, 5.41) is 3.69. The highest BCUT2D eigenvalue weighted by Crippen LogP contribution is 2.22. The van der Waals surface area contributed by atoms with Crippen LogP contribution in [0.4, 0.5) is 0 Å². The number of carbonyl (C=O) groups excluding carboxylic acids is 1. The first-order valence-electron chi connectivity index (χ1n) is 5.20. The van der Waals surface area contributed by atoms with E-state index in [1.807, 2.05) is 6.92 Å². The SMILES string of the molecule is CC(NC1CC1)C(=O)c1ccc(Cl)nc1Cl. The Bertz CT molecular complexity index is 418. The molecule has 0 saturated heterocycles. The highest BCUT2D eigenvalue weighted by Gasteiger charge is 2.27. The molecule has 16 heavy (non-hydrogen) atoms. The highest BCUT2D eigenvalue weighted by atomic mass is 35.5. The minimum absolute atomic E-state index is 0.0407. The fourth-order valence-electron chi connectivity index (χ4n) is 1.51. The van der Waals surface area contributed by atoms with Gasteiger partial charge < -0.3 is 5.32 Å². The summed E-state index contributed by atoms with van der Waals surface area (Å²) in [7, 11) is 0. The molecular formula is C11H12Cl2N2O. The predicted molar refractivity (Wildman–Crippen MR) is 64.2 cm³/mol. The molecule has 0 amide bonds. The number of pyridine rings is 1. The summed E-state index contributed by atoms with van der Waals surface area (Å²) in [5.41, 5.74) is 0.423. The summed E-state index contributed by atoms with van der Waals surface area (Å²) < 4.78 is 0. The van der Waals surface area contributed by atoms with Crippen molar-refractivity contribution in [1.82, 2.24) is 10.3 Å². The second-order valence-corrected chi connectivity index (χ2v) is 4.74. The average molecular weight is 259 g/mol. The van der Waals surface area contributed by atoms with Gasteiger partial charge in [0.05, 0.1) is 11.6 Å². The fraction of sp³-hybridized carbons (Fsp3) is 0.455. The maximum absolute atomic E-state index is 12.0. The predicted octanol–water partition coefficient (Wildman–Crippen LogP) is 2.71. The number of Topliss-reactive ketones (excluding diaryl/α,β-unsaturated/α-hetero) is 1. The molecule has 3 nitrogen and oxygen atoms in total. The van der Waals surface area contributed by atoms with E-state index in [2.05, 4.69) is 10.3 Å². The molecule has 0 aliphatic heterocycles. The molecule has 1 atom stereocenters. The van der Waals surface area contributed by atoms with Gasteiger partial charge in [0.1, 0.15) is 10.3 Å². The molecule has 1 aliphatic rings. The van der Waals surface area contributed by atoms with Crippen molar-refractivity contribution in [3.8, 4) is 0 Å². The van der Waals surface area contributed by atoms with Gasteiger partial charge >= 0.3 is 0 Å². The molecule has 0 spiro atoms. The maximum atomic E-state index is 12.0. The summed E-state index contributed by atoms with van der Waals surface area (Å²) in [6.45, 7) is 1.84. The van der Waals surface area contributed by atoms with E-state index in [0.717, 1.165) is 12.8 Å². The smallest absolute Gasteiger partial charge is 0.182 e. The molecule has 1 N–H and O–H groups in total. The first-order chi connectivity index (χ1) is 7.58. The van der Waals surface area contributed by atoms with Gasteiger partial charge in [-0.3, -0.25) is 4.79 Å². The van der Waals surface area contributed by atoms with E-state index in [0.29, 0.717) is 16.8 Å². The quantitative estimate of drug-likeness (QED) is 0.667. The molecule has 1 aliphatic carbocycles. The van der Waals surface area contributed by atoms with E-state index < -0.39 is 0 Å². The van der Waals surface area contributed by atoms with Crippen molar-refractivity contribution in [3.63, 3.8) is 0 Å². The molecule has 86 valence electrons. The zero-order valence-corrected chi connectivity index (χ0v) is 10.3. The van der Waals surface area contributed by atoms with Crippen LogP contribution in [0.3, 0.4) is 0 Å². The minimum Gasteiger partial charge on any atom is -0.305 e. The molecule has 5 heteroatoms. The van der Waals surface area contributed by atoms with Crippen molar-refractivity contribution >= 4 is 29.0 Å². The lowest BCUT2D eigenvalue weighted by Crippen LogP contribution is -2.35. The van der Waals surface area contributed by atoms with Gasteiger partial charge in [0.25, 0.3) is 0 Å². The van der Waals surface area contributed by atoms with Crippen molar-refractivity contribution in [2.75, 3.05) is 0 Å². The third-order valence-electron chi connectivity index (χ3n) is 2.54. The Hall–Kier alpha value is -0.640. The summed E-state index contributed by atoms with van der Waals surface area (Å²) in [4.78, 5) is 15.9. The number of aromatic nitrogens is 1. The second kappa shape index (κ2) is 4.70. The highest BCUT2D eigenvalue weighted by molar-refractivity contribution is 6.34. The van der Waals surface area contributed by atoms with E-state index in [-0.39, 0.29) is 17.0 Å². The summed E-state index contributed by atoms with van der Waals surface area (Å²) in [6.07, 6.45) is 2.29. The Balaban J connectivity index is 2.12. The van der Waals surface area contributed by atoms with Crippen molar-refractivity contribution in [1.29, 1.82) is 0 Å². The van der Waals surface area contributed by atoms with Crippen LogP contribution in [0.2, 0.25) is 10.3 Å². The number of nitrogens with zero attached hydrogens (tertiary/aromatic N) is 1. The first-order valence-corrected chi connectivity index (χ1v) is 5.96. The van der Waals surface area contributed by atoms with Crippen molar-refractivity contribution in [2.45, 2.75) is 31.8 Å². The lowest BCUT2D eigenvalue weighted by Gasteiger charge is -2.12. The third kappa shape index (κ3) is 2.73. The molecule has 1 saturated carbocycles. The van der Waals surface area contributed by atoms with Crippen LogP contribution in [0.15, 0.2) is 12.1 Å². The second-order valence-electron chi connectivity index (χ2n) is 4.00. The first kappa shape index (κ1) is 11.8. The van der Waals surface area contributed by atoms with Crippen LogP contribution in [0, 0.1) is 0 Å². The standard InChI is InChI=1S/C11H12Cl2N2O/c1-6(14-7-2-3-7)10(16)8-4-5-9(12)15-11(8)13/h4-7,14H,2-3H2,1H3. The van der Waals surface area contributed by atoms with E-state index in [4.69, 9.17) is 23.2 Å². The largest absolute Gasteiger partial charge is 0.305 e. The number of carbonyl (C=O) groups is 1. The Labute approximate surface area is 104 Å². The number of hydrogen-bond donors (Lipinski definition) is 1. The number of ketones is 1. The van der Waals surface area contributed by atoms with Crippen molar-refractivity contribution in [3.05, 3.63) is 28.0 Å². The molecule has 1 heterocycles. The van der Waals surface area contributed by atoms with E-state index in [1.165, 1.54) is 0 Å². The molecule has 1 unspecified atom stereocenters. The monoisotopic (exact) mass is 258 g/mol. The van der Waals surface area contributed by atoms with E-state index >= 15 is 0 Å². The maximum Gasteiger partial charge on any atom is 0.182 e. The Kier molecular flexibility index (Phi) is 3.47. The number of halogens is 2. The summed E-state index contributed by atoms with van der Waals surface area (Å²) >= 11 is 11.5. The van der Waals surface area contributed by atoms with Crippen molar-refractivity contribution in [2.24, 2.45) is 0 Å². The van der Waals surface area contributed by atoms with Gasteiger partial charge in [-0.25, -0.2) is 4.98 Å². The Morgan fingerprint density at radius 2 is 2.19 bits per heavy atom. The summed E-state index contributed by atoms with van der Waals surface area (Å²) in [6, 6.07) is 3.45. The normalized spacial score (nSPS) is 17.2. The molecule has 0 radical (unpaired) electrons. The van der Waals surface area contributed by atoms with Gasteiger partial charge in [-0.15, -0.1) is 0 Å². The molecule has 1 aromatic rings. The third-order valence-corrected chi connectivity index (χ3v) is 3.04. The van der Waals surface area contributed by atoms with Crippen LogP contribution in [0.1, 0.15) is 30.1 Å². The fourth-order valence-corrected chi connectivity index (χ4v) is 1.95. The van der Waals surface area contributed by atoms with Crippen molar-refractivity contribution < 1.29 is 4.79 Å². The zero-order valence-electron chi connectivity index (χ0n) is 8.84. The Morgan fingerprint density at radius 1 is 1.50 bits per heavy atom. The van der Waals surface area contributed by atoms with Crippen LogP contribution in [-0.4, -0.2) is 22.9 Å². The molecule has 1 aromatic heterocycles. The number of nitrogens with one attached hydrogen (secondary N) is 1. The molecule has 1 fully saturated rings. The van der Waals surface area contributed by atoms with Gasteiger partial charge in [-0.2, -0.15) is 0 Å². The minimum atomic E-state index is -0.229. The van der Waals surface area contributed by atoms with E-state index in [1.54, 1.807) is 12.1 Å². The molecule has 0 aromatic carbocycles. The number of hydrogen-bond acceptors (Lipinski definition) is 3. The lowest BCUT2D eigenvalue weighted by molar-refractivity contribution is 0.0950. The topological polar surface area (TPSA) is 42.0 Å². The molecular weight excluding hydrogens is 247 g/mol. The van der Waals surface area contributed by atoms with E-state index in [9.17, 15) is 4.79 Å². The molecule has 0 bridgehead atoms. The van der Waals surface area contributed by atoms with Gasteiger partial charge in [0, 0.05) is 6.04 Å². The van der Waals surface area contributed by atoms with Crippen LogP contribution in [0.5, 0.6) is 0 Å². The van der Waals surface area contributed by atoms with Crippen LogP contribution < -0.4 is 5.32 Å². The van der Waals surface area contributed by atoms with Crippen LogP contribution in [-0.2, 0) is 0 Å². The van der Waals surface area contributed by atoms with Gasteiger partial charge in [0.2, 0.25) is 0 Å². The lowest BCUT2D eigenvalue weighted by atomic mass is 10.1. The van der Waals surface area contributed by atoms with Gasteiger partial charge in [-0.1, -0.05) is 23.2 Å². The van der Waals surface area contributed by atoms with Crippen LogP contribution in [0.25, 0.3) is 0 Å². The molecule has 2 rings (SSSR count). The van der Waals surface area contributed by atoms with Gasteiger partial charge in [-0.05, 0) is 31.9 Å². The number of rotatable bonds is 4. The average Bonchev–Trinajstić information content (AvgIpc) is 3.00. The van der Waals surface area contributed by atoms with Crippen LogP contribution >= 0.6 is 23.2 Å². The zero-order chi connectivity index (χ0) is 11.7. The van der Waals surface area contributed by atoms with Gasteiger partial charge in [0.15, 0.2) is 5.78 Å². The Morgan fingerprint density at radius 3 is 2.75 bits per heavy atom.